The Balaban J connectivity index is 1.03. The van der Waals surface area contributed by atoms with Crippen LogP contribution in [-0.4, -0.2) is 54.8 Å². The van der Waals surface area contributed by atoms with Crippen molar-refractivity contribution in [2.45, 2.75) is 31.3 Å². The predicted octanol–water partition coefficient (Wildman–Crippen LogP) is 5.52. The summed E-state index contributed by atoms with van der Waals surface area (Å²) in [5, 5.41) is 15.4. The van der Waals surface area contributed by atoms with E-state index in [0.29, 0.717) is 0 Å². The van der Waals surface area contributed by atoms with E-state index in [1.54, 1.807) is 11.8 Å². The zero-order valence-electron chi connectivity index (χ0n) is 21.6. The van der Waals surface area contributed by atoms with Crippen LogP contribution in [0.2, 0.25) is 0 Å². The summed E-state index contributed by atoms with van der Waals surface area (Å²) in [5.74, 6) is 2.78. The second-order valence-electron chi connectivity index (χ2n) is 9.86. The molecule has 0 radical (unpaired) electrons. The maximum absolute atomic E-state index is 5.27. The van der Waals surface area contributed by atoms with Crippen molar-refractivity contribution in [3.8, 4) is 22.8 Å². The largest absolute Gasteiger partial charge is 0.361 e. The first-order chi connectivity index (χ1) is 18.1. The second-order valence-corrected chi connectivity index (χ2v) is 10.9. The van der Waals surface area contributed by atoms with Crippen molar-refractivity contribution in [2.75, 3.05) is 25.4 Å². The molecular formula is C29H32N6OS. The SMILES string of the molecule is Cc1cc(-c2ccc3c(c2)CCN(CCCSc2nnc(-c4cc5ccccc5n4C)n2C)CC3)no1. The molecule has 0 fully saturated rings. The van der Waals surface area contributed by atoms with Crippen molar-refractivity contribution in [1.29, 1.82) is 0 Å². The van der Waals surface area contributed by atoms with Crippen molar-refractivity contribution in [2.24, 2.45) is 14.1 Å². The first-order valence-electron chi connectivity index (χ1n) is 12.9. The summed E-state index contributed by atoms with van der Waals surface area (Å²) < 4.78 is 9.58. The number of nitrogens with zero attached hydrogens (tertiary/aromatic N) is 6. The molecule has 8 heteroatoms. The summed E-state index contributed by atoms with van der Waals surface area (Å²) in [4.78, 5) is 2.60. The van der Waals surface area contributed by atoms with Crippen LogP contribution in [0.15, 0.2) is 64.3 Å². The molecule has 5 aromatic rings. The third kappa shape index (κ3) is 4.83. The Morgan fingerprint density at radius 1 is 0.919 bits per heavy atom. The summed E-state index contributed by atoms with van der Waals surface area (Å²) in [7, 11) is 4.16. The zero-order valence-corrected chi connectivity index (χ0v) is 22.5. The molecule has 1 aliphatic heterocycles. The highest BCUT2D eigenvalue weighted by Gasteiger charge is 2.17. The van der Waals surface area contributed by atoms with Gasteiger partial charge in [-0.05, 0) is 62.1 Å². The fraction of sp³-hybridized carbons (Fsp3) is 0.345. The molecule has 6 rings (SSSR count). The Morgan fingerprint density at radius 2 is 1.76 bits per heavy atom. The minimum Gasteiger partial charge on any atom is -0.361 e. The highest BCUT2D eigenvalue weighted by Crippen LogP contribution is 2.29. The number of rotatable bonds is 7. The van der Waals surface area contributed by atoms with Crippen LogP contribution >= 0.6 is 11.8 Å². The minimum atomic E-state index is 0.847. The van der Waals surface area contributed by atoms with Gasteiger partial charge in [0, 0.05) is 55.5 Å². The number of fused-ring (bicyclic) bond motifs is 2. The average Bonchev–Trinajstić information content (AvgIpc) is 3.55. The van der Waals surface area contributed by atoms with Crippen LogP contribution in [0.25, 0.3) is 33.7 Å². The van der Waals surface area contributed by atoms with E-state index >= 15 is 0 Å². The van der Waals surface area contributed by atoms with Gasteiger partial charge < -0.3 is 18.6 Å². The number of para-hydroxylation sites is 1. The summed E-state index contributed by atoms with van der Waals surface area (Å²) in [6, 6.07) is 19.4. The Labute approximate surface area is 221 Å². The fourth-order valence-corrected chi connectivity index (χ4v) is 6.11. The van der Waals surface area contributed by atoms with Crippen LogP contribution in [-0.2, 0) is 26.9 Å². The quantitative estimate of drug-likeness (QED) is 0.211. The molecule has 0 saturated heterocycles. The molecule has 0 saturated carbocycles. The maximum Gasteiger partial charge on any atom is 0.191 e. The van der Waals surface area contributed by atoms with E-state index in [-0.39, 0.29) is 0 Å². The van der Waals surface area contributed by atoms with Gasteiger partial charge in [-0.2, -0.15) is 0 Å². The lowest BCUT2D eigenvalue weighted by atomic mass is 9.99. The molecule has 2 aromatic carbocycles. The molecular weight excluding hydrogens is 480 g/mol. The van der Waals surface area contributed by atoms with Gasteiger partial charge in [-0.15, -0.1) is 10.2 Å². The van der Waals surface area contributed by atoms with Gasteiger partial charge in [-0.3, -0.25) is 0 Å². The van der Waals surface area contributed by atoms with Gasteiger partial charge in [0.1, 0.15) is 11.5 Å². The highest BCUT2D eigenvalue weighted by atomic mass is 32.2. The van der Waals surface area contributed by atoms with E-state index < -0.39 is 0 Å². The summed E-state index contributed by atoms with van der Waals surface area (Å²) >= 11 is 1.80. The molecule has 3 aromatic heterocycles. The minimum absolute atomic E-state index is 0.847. The molecule has 0 spiro atoms. The molecule has 0 bridgehead atoms. The predicted molar refractivity (Wildman–Crippen MR) is 149 cm³/mol. The van der Waals surface area contributed by atoms with Crippen molar-refractivity contribution < 1.29 is 4.52 Å². The smallest absolute Gasteiger partial charge is 0.191 e. The first-order valence-corrected chi connectivity index (χ1v) is 13.9. The molecule has 0 aliphatic carbocycles. The Kier molecular flexibility index (Phi) is 6.61. The van der Waals surface area contributed by atoms with Crippen LogP contribution < -0.4 is 0 Å². The normalized spacial score (nSPS) is 14.2. The number of hydrogen-bond donors (Lipinski definition) is 0. The van der Waals surface area contributed by atoms with Gasteiger partial charge in [0.2, 0.25) is 0 Å². The first kappa shape index (κ1) is 24.0. The molecule has 37 heavy (non-hydrogen) atoms. The van der Waals surface area contributed by atoms with Crippen LogP contribution in [0.4, 0.5) is 0 Å². The van der Waals surface area contributed by atoms with Crippen molar-refractivity contribution >= 4 is 22.7 Å². The molecule has 190 valence electrons. The van der Waals surface area contributed by atoms with E-state index in [1.807, 2.05) is 13.0 Å². The van der Waals surface area contributed by atoms with Gasteiger partial charge in [0.15, 0.2) is 11.0 Å². The topological polar surface area (TPSA) is 64.9 Å². The lowest BCUT2D eigenvalue weighted by Gasteiger charge is -2.19. The van der Waals surface area contributed by atoms with Gasteiger partial charge in [0.25, 0.3) is 0 Å². The van der Waals surface area contributed by atoms with Crippen molar-refractivity contribution in [3.63, 3.8) is 0 Å². The zero-order chi connectivity index (χ0) is 25.4. The lowest BCUT2D eigenvalue weighted by molar-refractivity contribution is 0.289. The van der Waals surface area contributed by atoms with Gasteiger partial charge in [-0.25, -0.2) is 0 Å². The monoisotopic (exact) mass is 512 g/mol. The van der Waals surface area contributed by atoms with E-state index in [2.05, 4.69) is 92.0 Å². The van der Waals surface area contributed by atoms with Crippen LogP contribution in [0.3, 0.4) is 0 Å². The molecule has 0 atom stereocenters. The standard InChI is InChI=1S/C29H32N6OS/c1-20-17-25(32-36-20)23-10-9-21-11-14-35(15-12-22(21)18-23)13-6-16-37-29-31-30-28(34(29)3)27-19-24-7-4-5-8-26(24)33(27)2/h4-5,7-10,17-19H,6,11-16H2,1-3H3. The molecule has 4 heterocycles. The van der Waals surface area contributed by atoms with E-state index in [0.717, 1.165) is 78.3 Å². The fourth-order valence-electron chi connectivity index (χ4n) is 5.28. The Hall–Kier alpha value is -3.36. The molecule has 0 amide bonds. The van der Waals surface area contributed by atoms with Gasteiger partial charge in [0.05, 0.1) is 5.69 Å². The number of benzene rings is 2. The molecule has 7 nitrogen and oxygen atoms in total. The third-order valence-corrected chi connectivity index (χ3v) is 8.50. The molecule has 0 unspecified atom stereocenters. The van der Waals surface area contributed by atoms with E-state index in [1.165, 1.54) is 22.0 Å². The van der Waals surface area contributed by atoms with Gasteiger partial charge in [-0.1, -0.05) is 47.3 Å². The lowest BCUT2D eigenvalue weighted by Crippen LogP contribution is -2.27. The third-order valence-electron chi connectivity index (χ3n) is 7.39. The van der Waals surface area contributed by atoms with E-state index in [9.17, 15) is 0 Å². The van der Waals surface area contributed by atoms with E-state index in [4.69, 9.17) is 4.52 Å². The van der Waals surface area contributed by atoms with Crippen LogP contribution in [0, 0.1) is 6.92 Å². The number of hydrogen-bond acceptors (Lipinski definition) is 6. The molecule has 1 aliphatic rings. The van der Waals surface area contributed by atoms with Gasteiger partial charge >= 0.3 is 0 Å². The molecule has 0 N–H and O–H groups in total. The Morgan fingerprint density at radius 3 is 2.57 bits per heavy atom. The summed E-state index contributed by atoms with van der Waals surface area (Å²) in [5.41, 5.74) is 7.27. The highest BCUT2D eigenvalue weighted by molar-refractivity contribution is 7.99. The number of aromatic nitrogens is 5. The maximum atomic E-state index is 5.27. The Bertz CT molecular complexity index is 1550. The second kappa shape index (κ2) is 10.2. The van der Waals surface area contributed by atoms with Crippen LogP contribution in [0.1, 0.15) is 23.3 Å². The summed E-state index contributed by atoms with van der Waals surface area (Å²) in [6.07, 6.45) is 3.30. The average molecular weight is 513 g/mol. The number of aryl methyl sites for hydroxylation is 2. The van der Waals surface area contributed by atoms with Crippen molar-refractivity contribution in [3.05, 3.63) is 71.5 Å². The number of thioether (sulfide) groups is 1. The summed E-state index contributed by atoms with van der Waals surface area (Å²) in [6.45, 7) is 5.23. The van der Waals surface area contributed by atoms with Crippen molar-refractivity contribution in [1.82, 2.24) is 29.4 Å². The van der Waals surface area contributed by atoms with Crippen LogP contribution in [0.5, 0.6) is 0 Å².